The molecule has 0 rings (SSSR count). The van der Waals surface area contributed by atoms with Crippen molar-refractivity contribution in [2.45, 2.75) is 13.8 Å². The maximum absolute atomic E-state index is 11.0. The molecule has 3 heteroatoms. The van der Waals surface area contributed by atoms with E-state index in [4.69, 9.17) is 4.74 Å². The zero-order valence-electron chi connectivity index (χ0n) is 10.3. The number of Topliss-reactive ketones (excluding diaryl/α,β-unsaturated/α-hetero) is 1. The van der Waals surface area contributed by atoms with Crippen LogP contribution in [0.25, 0.3) is 0 Å². The van der Waals surface area contributed by atoms with Crippen LogP contribution in [-0.2, 0) is 9.53 Å². The van der Waals surface area contributed by atoms with Crippen LogP contribution < -0.4 is 0 Å². The topological polar surface area (TPSA) is 38.7 Å². The van der Waals surface area contributed by atoms with E-state index in [1.165, 1.54) is 19.2 Å². The van der Waals surface area contributed by atoms with Crippen LogP contribution in [0.2, 0.25) is 0 Å². The molecule has 0 aliphatic carbocycles. The normalized spacial score (nSPS) is 11.1. The Morgan fingerprint density at radius 1 is 1.24 bits per heavy atom. The molecule has 0 aromatic carbocycles. The van der Waals surface area contributed by atoms with Gasteiger partial charge in [-0.25, -0.2) is 4.99 Å². The summed E-state index contributed by atoms with van der Waals surface area (Å²) in [6.45, 7) is 17.6. The van der Waals surface area contributed by atoms with Crippen molar-refractivity contribution in [1.82, 2.24) is 0 Å². The fourth-order valence-corrected chi connectivity index (χ4v) is 0.828. The average molecular weight is 231 g/mol. The minimum Gasteiger partial charge on any atom is -0.440 e. The number of carbonyl (C=O) groups excluding carboxylic acids is 1. The predicted octanol–water partition coefficient (Wildman–Crippen LogP) is 3.34. The predicted molar refractivity (Wildman–Crippen MR) is 71.6 cm³/mol. The number of nitrogens with zero attached hydrogens (tertiary/aromatic N) is 1. The van der Waals surface area contributed by atoms with Crippen molar-refractivity contribution in [3.8, 4) is 0 Å². The molecule has 0 saturated carbocycles. The van der Waals surface area contributed by atoms with Gasteiger partial charge in [0.1, 0.15) is 5.76 Å². The first-order chi connectivity index (χ1) is 7.88. The summed E-state index contributed by atoms with van der Waals surface area (Å²) in [6, 6.07) is 0. The Morgan fingerprint density at radius 3 is 2.29 bits per heavy atom. The molecular formula is C14H17NO2. The summed E-state index contributed by atoms with van der Waals surface area (Å²) in [7, 11) is 0. The highest BCUT2D eigenvalue weighted by atomic mass is 16.5. The molecule has 0 atom stereocenters. The lowest BCUT2D eigenvalue weighted by molar-refractivity contribution is -0.113. The quantitative estimate of drug-likeness (QED) is 0.292. The molecule has 17 heavy (non-hydrogen) atoms. The summed E-state index contributed by atoms with van der Waals surface area (Å²) in [4.78, 5) is 14.8. The van der Waals surface area contributed by atoms with E-state index in [0.29, 0.717) is 16.9 Å². The van der Waals surface area contributed by atoms with Gasteiger partial charge in [-0.05, 0) is 32.1 Å². The Kier molecular flexibility index (Phi) is 6.26. The first kappa shape index (κ1) is 14.8. The van der Waals surface area contributed by atoms with Crippen molar-refractivity contribution in [2.75, 3.05) is 0 Å². The molecule has 0 saturated heterocycles. The van der Waals surface area contributed by atoms with Crippen LogP contribution in [0.3, 0.4) is 0 Å². The number of ketones is 1. The van der Waals surface area contributed by atoms with Crippen LogP contribution >= 0.6 is 0 Å². The monoisotopic (exact) mass is 231 g/mol. The summed E-state index contributed by atoms with van der Waals surface area (Å²) >= 11 is 0. The molecule has 0 aromatic heterocycles. The van der Waals surface area contributed by atoms with Gasteiger partial charge in [0, 0.05) is 11.8 Å². The standard InChI is InChI=1S/C14H17NO2/c1-7-8-15-14(6)17-13(5)11(3)9-10(2)12(4)16/h7-9H,1-2,5-6H2,3-4H3/b11-9-,15-8-. The molecule has 0 aliphatic heterocycles. The molecule has 0 bridgehead atoms. The lowest BCUT2D eigenvalue weighted by atomic mass is 10.1. The molecule has 3 nitrogen and oxygen atoms in total. The van der Waals surface area contributed by atoms with Gasteiger partial charge in [0.25, 0.3) is 0 Å². The van der Waals surface area contributed by atoms with Crippen molar-refractivity contribution in [2.24, 2.45) is 4.99 Å². The number of aliphatic imine (C=N–C) groups is 1. The van der Waals surface area contributed by atoms with Gasteiger partial charge in [0.05, 0.1) is 0 Å². The highest BCUT2D eigenvalue weighted by molar-refractivity contribution is 5.95. The molecule has 0 amide bonds. The summed E-state index contributed by atoms with van der Waals surface area (Å²) in [5.74, 6) is 0.482. The van der Waals surface area contributed by atoms with Crippen LogP contribution in [0.15, 0.2) is 66.2 Å². The third-order valence-electron chi connectivity index (χ3n) is 1.85. The highest BCUT2D eigenvalue weighted by Crippen LogP contribution is 2.14. The van der Waals surface area contributed by atoms with Crippen LogP contribution in [0.4, 0.5) is 0 Å². The number of carbonyl (C=O) groups is 1. The summed E-state index contributed by atoms with van der Waals surface area (Å²) in [5, 5.41) is 0. The minimum absolute atomic E-state index is 0.0966. The van der Waals surface area contributed by atoms with Gasteiger partial charge in [-0.3, -0.25) is 4.79 Å². The van der Waals surface area contributed by atoms with E-state index in [1.807, 2.05) is 0 Å². The Morgan fingerprint density at radius 2 is 1.82 bits per heavy atom. The summed E-state index contributed by atoms with van der Waals surface area (Å²) < 4.78 is 5.24. The Balaban J connectivity index is 4.57. The second-order valence-corrected chi connectivity index (χ2v) is 3.34. The van der Waals surface area contributed by atoms with Crippen molar-refractivity contribution in [3.05, 3.63) is 61.3 Å². The van der Waals surface area contributed by atoms with Gasteiger partial charge in [-0.1, -0.05) is 25.8 Å². The minimum atomic E-state index is -0.0966. The number of hydrogen-bond acceptors (Lipinski definition) is 3. The lowest BCUT2D eigenvalue weighted by Gasteiger charge is -2.08. The fraction of sp³-hybridized carbons (Fsp3) is 0.143. The second-order valence-electron chi connectivity index (χ2n) is 3.34. The van der Waals surface area contributed by atoms with Crippen molar-refractivity contribution in [1.29, 1.82) is 0 Å². The number of hydrogen-bond donors (Lipinski definition) is 0. The van der Waals surface area contributed by atoms with E-state index < -0.39 is 0 Å². The molecular weight excluding hydrogens is 214 g/mol. The first-order valence-electron chi connectivity index (χ1n) is 4.97. The summed E-state index contributed by atoms with van der Waals surface area (Å²) in [6.07, 6.45) is 4.58. The van der Waals surface area contributed by atoms with Crippen molar-refractivity contribution in [3.63, 3.8) is 0 Å². The third kappa shape index (κ3) is 6.10. The maximum Gasteiger partial charge on any atom is 0.211 e. The smallest absolute Gasteiger partial charge is 0.211 e. The third-order valence-corrected chi connectivity index (χ3v) is 1.85. The van der Waals surface area contributed by atoms with Gasteiger partial charge < -0.3 is 4.74 Å². The van der Waals surface area contributed by atoms with E-state index in [1.54, 1.807) is 13.0 Å². The SMILES string of the molecule is C=C/C=N\C(=C)OC(=C)/C(C)=C\C(=C)C(C)=O. The van der Waals surface area contributed by atoms with Crippen molar-refractivity contribution < 1.29 is 9.53 Å². The van der Waals surface area contributed by atoms with Crippen LogP contribution in [0.1, 0.15) is 13.8 Å². The van der Waals surface area contributed by atoms with Gasteiger partial charge in [0.15, 0.2) is 5.78 Å². The highest BCUT2D eigenvalue weighted by Gasteiger charge is 2.03. The molecule has 0 fully saturated rings. The fourth-order valence-electron chi connectivity index (χ4n) is 0.828. The number of ether oxygens (including phenoxy) is 1. The zero-order chi connectivity index (χ0) is 13.4. The van der Waals surface area contributed by atoms with Crippen LogP contribution in [-0.4, -0.2) is 12.0 Å². The van der Waals surface area contributed by atoms with E-state index in [-0.39, 0.29) is 11.7 Å². The largest absolute Gasteiger partial charge is 0.440 e. The molecule has 90 valence electrons. The Labute approximate surface area is 102 Å². The van der Waals surface area contributed by atoms with Gasteiger partial charge >= 0.3 is 0 Å². The van der Waals surface area contributed by atoms with E-state index in [0.717, 1.165) is 0 Å². The molecule has 0 spiro atoms. The van der Waals surface area contributed by atoms with Gasteiger partial charge in [-0.2, -0.15) is 0 Å². The van der Waals surface area contributed by atoms with Crippen LogP contribution in [0.5, 0.6) is 0 Å². The molecule has 0 heterocycles. The maximum atomic E-state index is 11.0. The first-order valence-corrected chi connectivity index (χ1v) is 4.97. The molecule has 0 aliphatic rings. The second kappa shape index (κ2) is 7.17. The van der Waals surface area contributed by atoms with Crippen molar-refractivity contribution >= 4 is 12.0 Å². The van der Waals surface area contributed by atoms with Gasteiger partial charge in [0.2, 0.25) is 5.88 Å². The molecule has 0 N–H and O–H groups in total. The van der Waals surface area contributed by atoms with E-state index in [9.17, 15) is 4.79 Å². The molecule has 0 aromatic rings. The number of rotatable bonds is 7. The Hall–Kier alpha value is -2.16. The van der Waals surface area contributed by atoms with E-state index >= 15 is 0 Å². The average Bonchev–Trinajstić information content (AvgIpc) is 2.25. The zero-order valence-corrected chi connectivity index (χ0v) is 10.3. The van der Waals surface area contributed by atoms with Crippen LogP contribution in [0, 0.1) is 0 Å². The summed E-state index contributed by atoms with van der Waals surface area (Å²) in [5.41, 5.74) is 1.09. The number of allylic oxidation sites excluding steroid dienone is 4. The van der Waals surface area contributed by atoms with Gasteiger partial charge in [-0.15, -0.1) is 0 Å². The Bertz CT molecular complexity index is 426. The van der Waals surface area contributed by atoms with E-state index in [2.05, 4.69) is 31.3 Å². The molecule has 0 unspecified atom stereocenters. The lowest BCUT2D eigenvalue weighted by Crippen LogP contribution is -1.95. The molecule has 0 radical (unpaired) electrons.